The van der Waals surface area contributed by atoms with Crippen molar-refractivity contribution in [2.75, 3.05) is 25.6 Å². The Morgan fingerprint density at radius 1 is 0.789 bits per heavy atom. The first-order valence-electron chi connectivity index (χ1n) is 6.01. The smallest absolute Gasteiger partial charge is 0.374 e. The van der Waals surface area contributed by atoms with E-state index in [1.54, 1.807) is 20.8 Å². The van der Waals surface area contributed by atoms with E-state index in [2.05, 4.69) is 0 Å². The molecule has 0 unspecified atom stereocenters. The van der Waals surface area contributed by atoms with Crippen molar-refractivity contribution in [3.63, 3.8) is 0 Å². The fourth-order valence-electron chi connectivity index (χ4n) is 1.56. The zero-order valence-corrected chi connectivity index (χ0v) is 13.1. The Morgan fingerprint density at radius 3 is 1.42 bits per heavy atom. The number of rotatable bonds is 10. The minimum atomic E-state index is -9.37. The molecule has 0 radical (unpaired) electrons. The van der Waals surface area contributed by atoms with Crippen LogP contribution in [-0.2, 0) is 13.3 Å². The van der Waals surface area contributed by atoms with E-state index in [-0.39, 0.29) is 25.9 Å². The first-order valence-corrected chi connectivity index (χ1v) is 10.1. The van der Waals surface area contributed by atoms with Crippen LogP contribution in [0.25, 0.3) is 0 Å². The predicted molar refractivity (Wildman–Crippen MR) is 68.1 cm³/mol. The summed E-state index contributed by atoms with van der Waals surface area (Å²) in [4.78, 5) is 0. The maximum Gasteiger partial charge on any atom is 0.500 e. The SMILES string of the molecule is CCO[Si](CCCS(F)(F)(F)(F)F)(OCC)OCC. The highest BCUT2D eigenvalue weighted by molar-refractivity contribution is 8.45. The predicted octanol–water partition coefficient (Wildman–Crippen LogP) is 4.72. The van der Waals surface area contributed by atoms with Gasteiger partial charge in [0.05, 0.1) is 5.75 Å². The summed E-state index contributed by atoms with van der Waals surface area (Å²) in [6.45, 7) is 5.52. The Bertz CT molecular complexity index is 266. The molecule has 0 N–H and O–H groups in total. The maximum atomic E-state index is 12.2. The van der Waals surface area contributed by atoms with Crippen LogP contribution in [0.2, 0.25) is 6.04 Å². The van der Waals surface area contributed by atoms with Crippen molar-refractivity contribution in [2.24, 2.45) is 0 Å². The summed E-state index contributed by atoms with van der Waals surface area (Å²) in [6, 6.07) is -0.270. The largest absolute Gasteiger partial charge is 0.500 e. The second kappa shape index (κ2) is 5.84. The molecule has 0 aromatic carbocycles. The Kier molecular flexibility index (Phi) is 5.87. The van der Waals surface area contributed by atoms with Gasteiger partial charge in [-0.1, -0.05) is 19.4 Å². The van der Waals surface area contributed by atoms with Crippen molar-refractivity contribution in [3.05, 3.63) is 0 Å². The third-order valence-electron chi connectivity index (χ3n) is 2.11. The summed E-state index contributed by atoms with van der Waals surface area (Å²) in [7, 11) is -12.6. The highest BCUT2D eigenvalue weighted by atomic mass is 32.5. The van der Waals surface area contributed by atoms with Gasteiger partial charge in [0.15, 0.2) is 0 Å². The average Bonchev–Trinajstić information content (AvgIpc) is 2.14. The van der Waals surface area contributed by atoms with Crippen LogP contribution in [0.4, 0.5) is 19.4 Å². The van der Waals surface area contributed by atoms with Crippen molar-refractivity contribution < 1.29 is 32.7 Å². The molecular weight excluding hydrogens is 311 g/mol. The van der Waals surface area contributed by atoms with E-state index in [9.17, 15) is 19.4 Å². The summed E-state index contributed by atoms with van der Waals surface area (Å²) in [5.41, 5.74) is 0. The van der Waals surface area contributed by atoms with Gasteiger partial charge < -0.3 is 13.3 Å². The molecule has 0 aliphatic heterocycles. The topological polar surface area (TPSA) is 27.7 Å². The molecular formula is C9H21F5O3SSi. The van der Waals surface area contributed by atoms with E-state index < -0.39 is 31.2 Å². The van der Waals surface area contributed by atoms with E-state index in [1.807, 2.05) is 0 Å². The molecule has 0 aromatic rings. The van der Waals surface area contributed by atoms with Crippen LogP contribution < -0.4 is 0 Å². The second-order valence-corrected chi connectivity index (χ2v) is 9.32. The lowest BCUT2D eigenvalue weighted by Gasteiger charge is -2.41. The van der Waals surface area contributed by atoms with Crippen molar-refractivity contribution in [1.82, 2.24) is 0 Å². The third-order valence-corrected chi connectivity index (χ3v) is 6.32. The van der Waals surface area contributed by atoms with Crippen LogP contribution >= 0.6 is 10.2 Å². The maximum absolute atomic E-state index is 12.2. The first kappa shape index (κ1) is 19.1. The summed E-state index contributed by atoms with van der Waals surface area (Å²) >= 11 is 0. The molecule has 0 rings (SSSR count). The summed E-state index contributed by atoms with van der Waals surface area (Å²) < 4.78 is 77.1. The fraction of sp³-hybridized carbons (Fsp3) is 1.00. The number of halogens is 5. The molecule has 0 aliphatic carbocycles. The molecule has 0 aromatic heterocycles. The first-order chi connectivity index (χ1) is 8.37. The molecule has 0 fully saturated rings. The van der Waals surface area contributed by atoms with Crippen molar-refractivity contribution in [1.29, 1.82) is 0 Å². The lowest BCUT2D eigenvalue weighted by atomic mass is 10.6. The molecule has 19 heavy (non-hydrogen) atoms. The zero-order chi connectivity index (χ0) is 15.3. The van der Waals surface area contributed by atoms with Crippen LogP contribution in [0.1, 0.15) is 27.2 Å². The van der Waals surface area contributed by atoms with E-state index in [0.717, 1.165) is 0 Å². The minimum absolute atomic E-state index is 0.197. The Morgan fingerprint density at radius 2 is 1.16 bits per heavy atom. The fourth-order valence-corrected chi connectivity index (χ4v) is 5.12. The number of hydrogen-bond donors (Lipinski definition) is 0. The normalized spacial score (nSPS) is 17.1. The van der Waals surface area contributed by atoms with E-state index in [4.69, 9.17) is 13.3 Å². The van der Waals surface area contributed by atoms with Crippen LogP contribution in [0.5, 0.6) is 0 Å². The summed E-state index contributed by atoms with van der Waals surface area (Å²) in [6.07, 6.45) is -0.760. The highest BCUT2D eigenvalue weighted by Gasteiger charge is 2.62. The Hall–Kier alpha value is 0.0969. The van der Waals surface area contributed by atoms with Gasteiger partial charge in [0.2, 0.25) is 0 Å². The molecule has 0 saturated heterocycles. The van der Waals surface area contributed by atoms with Gasteiger partial charge in [-0.05, 0) is 27.2 Å². The lowest BCUT2D eigenvalue weighted by Crippen LogP contribution is -2.46. The molecule has 0 spiro atoms. The molecule has 0 saturated carbocycles. The van der Waals surface area contributed by atoms with Crippen LogP contribution in [0.15, 0.2) is 0 Å². The van der Waals surface area contributed by atoms with Crippen LogP contribution in [0.3, 0.4) is 0 Å². The standard InChI is InChI=1S/C9H21F5O3SSi/c1-4-15-19(16-5-2,17-6-3)9-7-8-18(10,11,12,13)14/h4-9H2,1-3H3. The summed E-state index contributed by atoms with van der Waals surface area (Å²) in [5, 5.41) is 0. The van der Waals surface area contributed by atoms with Crippen LogP contribution in [0, 0.1) is 0 Å². The summed E-state index contributed by atoms with van der Waals surface area (Å²) in [5.74, 6) is -2.11. The van der Waals surface area contributed by atoms with Gasteiger partial charge in [0, 0.05) is 25.9 Å². The van der Waals surface area contributed by atoms with E-state index in [0.29, 0.717) is 0 Å². The zero-order valence-electron chi connectivity index (χ0n) is 11.3. The van der Waals surface area contributed by atoms with Crippen molar-refractivity contribution in [2.45, 2.75) is 33.2 Å². The molecule has 0 atom stereocenters. The Balaban J connectivity index is 4.66. The highest BCUT2D eigenvalue weighted by Crippen LogP contribution is 2.97. The van der Waals surface area contributed by atoms with Gasteiger partial charge in [-0.2, -0.15) is 0 Å². The van der Waals surface area contributed by atoms with Gasteiger partial charge in [-0.15, -0.1) is 0 Å². The molecule has 0 bridgehead atoms. The molecule has 0 amide bonds. The quantitative estimate of drug-likeness (QED) is 0.428. The van der Waals surface area contributed by atoms with Crippen molar-refractivity contribution >= 4 is 19.0 Å². The minimum Gasteiger partial charge on any atom is -0.374 e. The Labute approximate surface area is 111 Å². The van der Waals surface area contributed by atoms with Crippen molar-refractivity contribution in [3.8, 4) is 0 Å². The van der Waals surface area contributed by atoms with Gasteiger partial charge in [0.25, 0.3) is 10.2 Å². The lowest BCUT2D eigenvalue weighted by molar-refractivity contribution is 0.0711. The van der Waals surface area contributed by atoms with Gasteiger partial charge in [-0.25, -0.2) is 0 Å². The van der Waals surface area contributed by atoms with E-state index in [1.165, 1.54) is 0 Å². The molecule has 120 valence electrons. The average molecular weight is 332 g/mol. The molecule has 3 nitrogen and oxygen atoms in total. The third kappa shape index (κ3) is 9.60. The molecule has 0 aliphatic rings. The van der Waals surface area contributed by atoms with Crippen LogP contribution in [-0.4, -0.2) is 34.4 Å². The molecule has 0 heterocycles. The number of hydrogen-bond acceptors (Lipinski definition) is 3. The monoisotopic (exact) mass is 332 g/mol. The van der Waals surface area contributed by atoms with Gasteiger partial charge >= 0.3 is 8.80 Å². The van der Waals surface area contributed by atoms with Gasteiger partial charge in [-0.3, -0.25) is 0 Å². The van der Waals surface area contributed by atoms with E-state index >= 15 is 0 Å². The van der Waals surface area contributed by atoms with Gasteiger partial charge in [0.1, 0.15) is 0 Å². The second-order valence-electron chi connectivity index (χ2n) is 3.92. The molecule has 10 heteroatoms.